The summed E-state index contributed by atoms with van der Waals surface area (Å²) in [5, 5.41) is 0. The first-order chi connectivity index (χ1) is 8.20. The Morgan fingerprint density at radius 1 is 1.47 bits per heavy atom. The monoisotopic (exact) mass is 252 g/mol. The molecule has 1 aliphatic heterocycles. The minimum absolute atomic E-state index is 0.0628. The summed E-state index contributed by atoms with van der Waals surface area (Å²) in [4.78, 5) is 14.0. The standard InChI is InChI=1S/C12H16N2O2S/c1-17-10-4-2-9(3-5-10)11-8-14(12(13)15)6-7-16-11/h2-5,11H,6-8H2,1H3,(H2,13,15). The summed E-state index contributed by atoms with van der Waals surface area (Å²) in [5.74, 6) is 0. The fourth-order valence-corrected chi connectivity index (χ4v) is 2.28. The Bertz CT molecular complexity index is 394. The van der Waals surface area contributed by atoms with Crippen molar-refractivity contribution in [2.45, 2.75) is 11.0 Å². The summed E-state index contributed by atoms with van der Waals surface area (Å²) < 4.78 is 5.66. The predicted octanol–water partition coefficient (Wildman–Crippen LogP) is 1.86. The van der Waals surface area contributed by atoms with Gasteiger partial charge in [-0.15, -0.1) is 11.8 Å². The van der Waals surface area contributed by atoms with E-state index in [0.29, 0.717) is 19.7 Å². The molecule has 5 heteroatoms. The Morgan fingerprint density at radius 2 is 2.18 bits per heavy atom. The SMILES string of the molecule is CSc1ccc(C2CN(C(N)=O)CCO2)cc1. The Balaban J connectivity index is 2.08. The summed E-state index contributed by atoms with van der Waals surface area (Å²) in [7, 11) is 0. The van der Waals surface area contributed by atoms with E-state index in [1.54, 1.807) is 16.7 Å². The van der Waals surface area contributed by atoms with Crippen molar-refractivity contribution in [1.82, 2.24) is 4.90 Å². The van der Waals surface area contributed by atoms with E-state index in [-0.39, 0.29) is 12.1 Å². The number of ether oxygens (including phenoxy) is 1. The summed E-state index contributed by atoms with van der Waals surface area (Å²) in [5.41, 5.74) is 6.37. The van der Waals surface area contributed by atoms with Crippen LogP contribution in [0.25, 0.3) is 0 Å². The van der Waals surface area contributed by atoms with E-state index in [0.717, 1.165) is 5.56 Å². The molecule has 2 rings (SSSR count). The van der Waals surface area contributed by atoms with Crippen molar-refractivity contribution in [3.63, 3.8) is 0 Å². The van der Waals surface area contributed by atoms with Crippen LogP contribution in [-0.2, 0) is 4.74 Å². The molecule has 1 heterocycles. The molecule has 2 N–H and O–H groups in total. The van der Waals surface area contributed by atoms with Gasteiger partial charge < -0.3 is 15.4 Å². The quantitative estimate of drug-likeness (QED) is 0.817. The van der Waals surface area contributed by atoms with Crippen molar-refractivity contribution in [1.29, 1.82) is 0 Å². The second kappa shape index (κ2) is 5.42. The topological polar surface area (TPSA) is 55.6 Å². The third-order valence-electron chi connectivity index (χ3n) is 2.87. The number of morpholine rings is 1. The van der Waals surface area contributed by atoms with Crippen LogP contribution in [0, 0.1) is 0 Å². The highest BCUT2D eigenvalue weighted by molar-refractivity contribution is 7.98. The largest absolute Gasteiger partial charge is 0.370 e. The molecule has 0 spiro atoms. The molecule has 92 valence electrons. The number of benzene rings is 1. The van der Waals surface area contributed by atoms with E-state index in [9.17, 15) is 4.79 Å². The van der Waals surface area contributed by atoms with Gasteiger partial charge >= 0.3 is 6.03 Å². The van der Waals surface area contributed by atoms with Crippen LogP contribution in [-0.4, -0.2) is 36.9 Å². The molecule has 1 aromatic carbocycles. The molecule has 0 radical (unpaired) electrons. The number of hydrogen-bond acceptors (Lipinski definition) is 3. The number of thioether (sulfide) groups is 1. The fraction of sp³-hybridized carbons (Fsp3) is 0.417. The van der Waals surface area contributed by atoms with Crippen molar-refractivity contribution >= 4 is 17.8 Å². The van der Waals surface area contributed by atoms with Gasteiger partial charge in [0.05, 0.1) is 13.2 Å². The first-order valence-corrected chi connectivity index (χ1v) is 6.73. The lowest BCUT2D eigenvalue weighted by atomic mass is 10.1. The van der Waals surface area contributed by atoms with Crippen LogP contribution in [0.4, 0.5) is 4.79 Å². The lowest BCUT2D eigenvalue weighted by Crippen LogP contribution is -2.44. The highest BCUT2D eigenvalue weighted by Gasteiger charge is 2.23. The maximum Gasteiger partial charge on any atom is 0.314 e. The summed E-state index contributed by atoms with van der Waals surface area (Å²) in [6.07, 6.45) is 1.98. The predicted molar refractivity (Wildman–Crippen MR) is 68.1 cm³/mol. The van der Waals surface area contributed by atoms with E-state index >= 15 is 0 Å². The number of primary amides is 1. The lowest BCUT2D eigenvalue weighted by Gasteiger charge is -2.32. The molecule has 1 fully saturated rings. The van der Waals surface area contributed by atoms with Crippen LogP contribution in [0.1, 0.15) is 11.7 Å². The van der Waals surface area contributed by atoms with Crippen molar-refractivity contribution in [3.8, 4) is 0 Å². The molecule has 0 bridgehead atoms. The van der Waals surface area contributed by atoms with Gasteiger partial charge in [0.1, 0.15) is 6.10 Å². The number of nitrogens with zero attached hydrogens (tertiary/aromatic N) is 1. The molecule has 1 unspecified atom stereocenters. The Hall–Kier alpha value is -1.20. The molecule has 0 saturated carbocycles. The number of rotatable bonds is 2. The molecule has 0 aromatic heterocycles. The highest BCUT2D eigenvalue weighted by Crippen LogP contribution is 2.24. The molecule has 17 heavy (non-hydrogen) atoms. The molecule has 1 aromatic rings. The van der Waals surface area contributed by atoms with Crippen molar-refractivity contribution in [2.75, 3.05) is 26.0 Å². The summed E-state index contributed by atoms with van der Waals surface area (Å²) in [6.45, 7) is 1.65. The lowest BCUT2D eigenvalue weighted by molar-refractivity contribution is -0.0141. The number of carbonyl (C=O) groups is 1. The van der Waals surface area contributed by atoms with Crippen molar-refractivity contribution < 1.29 is 9.53 Å². The zero-order valence-electron chi connectivity index (χ0n) is 9.76. The van der Waals surface area contributed by atoms with Gasteiger partial charge in [0.2, 0.25) is 0 Å². The first-order valence-electron chi connectivity index (χ1n) is 5.50. The summed E-state index contributed by atoms with van der Waals surface area (Å²) >= 11 is 1.70. The number of nitrogens with two attached hydrogens (primary N) is 1. The van der Waals surface area contributed by atoms with Crippen LogP contribution < -0.4 is 5.73 Å². The van der Waals surface area contributed by atoms with Crippen molar-refractivity contribution in [2.24, 2.45) is 5.73 Å². The maximum absolute atomic E-state index is 11.1. The minimum atomic E-state index is -0.376. The van der Waals surface area contributed by atoms with Crippen LogP contribution in [0.5, 0.6) is 0 Å². The zero-order chi connectivity index (χ0) is 12.3. The molecule has 1 aliphatic rings. The average Bonchev–Trinajstić information content (AvgIpc) is 2.39. The van der Waals surface area contributed by atoms with Gasteiger partial charge in [0.25, 0.3) is 0 Å². The second-order valence-corrected chi connectivity index (χ2v) is 4.80. The van der Waals surface area contributed by atoms with Crippen LogP contribution in [0.2, 0.25) is 0 Å². The Morgan fingerprint density at radius 3 is 2.76 bits per heavy atom. The van der Waals surface area contributed by atoms with E-state index in [1.807, 2.05) is 18.4 Å². The van der Waals surface area contributed by atoms with E-state index < -0.39 is 0 Å². The van der Waals surface area contributed by atoms with Gasteiger partial charge in [-0.05, 0) is 24.0 Å². The number of amides is 2. The van der Waals surface area contributed by atoms with Gasteiger partial charge in [-0.1, -0.05) is 12.1 Å². The third kappa shape index (κ3) is 2.92. The number of carbonyl (C=O) groups excluding carboxylic acids is 1. The third-order valence-corrected chi connectivity index (χ3v) is 3.61. The summed E-state index contributed by atoms with van der Waals surface area (Å²) in [6, 6.07) is 7.83. The van der Waals surface area contributed by atoms with Gasteiger partial charge in [0, 0.05) is 11.4 Å². The molecule has 0 aliphatic carbocycles. The van der Waals surface area contributed by atoms with Crippen LogP contribution >= 0.6 is 11.8 Å². The Kier molecular flexibility index (Phi) is 3.91. The molecule has 1 atom stereocenters. The number of urea groups is 1. The molecular formula is C12H16N2O2S. The van der Waals surface area contributed by atoms with Gasteiger partial charge in [-0.25, -0.2) is 4.79 Å². The van der Waals surface area contributed by atoms with Crippen molar-refractivity contribution in [3.05, 3.63) is 29.8 Å². The van der Waals surface area contributed by atoms with Gasteiger partial charge in [0.15, 0.2) is 0 Å². The van der Waals surface area contributed by atoms with Crippen LogP contribution in [0.3, 0.4) is 0 Å². The van der Waals surface area contributed by atoms with E-state index in [2.05, 4.69) is 12.1 Å². The number of hydrogen-bond donors (Lipinski definition) is 1. The highest BCUT2D eigenvalue weighted by atomic mass is 32.2. The molecule has 4 nitrogen and oxygen atoms in total. The van der Waals surface area contributed by atoms with E-state index in [4.69, 9.17) is 10.5 Å². The first kappa shape index (κ1) is 12.3. The fourth-order valence-electron chi connectivity index (χ4n) is 1.87. The molecule has 1 saturated heterocycles. The van der Waals surface area contributed by atoms with Gasteiger partial charge in [-0.3, -0.25) is 0 Å². The maximum atomic E-state index is 11.1. The molecular weight excluding hydrogens is 236 g/mol. The zero-order valence-corrected chi connectivity index (χ0v) is 10.6. The van der Waals surface area contributed by atoms with E-state index in [1.165, 1.54) is 4.90 Å². The average molecular weight is 252 g/mol. The minimum Gasteiger partial charge on any atom is -0.370 e. The normalized spacial score (nSPS) is 20.3. The van der Waals surface area contributed by atoms with Gasteiger partial charge in [-0.2, -0.15) is 0 Å². The van der Waals surface area contributed by atoms with Crippen LogP contribution in [0.15, 0.2) is 29.2 Å². The Labute approximate surface area is 105 Å². The second-order valence-electron chi connectivity index (χ2n) is 3.92. The smallest absolute Gasteiger partial charge is 0.314 e. The molecule has 2 amide bonds.